The highest BCUT2D eigenvalue weighted by molar-refractivity contribution is 6.04. The Kier molecular flexibility index (Phi) is 4.07. The van der Waals surface area contributed by atoms with E-state index in [4.69, 9.17) is 9.47 Å². The molecule has 0 spiro atoms. The summed E-state index contributed by atoms with van der Waals surface area (Å²) in [6, 6.07) is 9.03. The smallest absolute Gasteiger partial charge is 0.257 e. The number of hydrogen-bond acceptors (Lipinski definition) is 5. The molecule has 0 saturated carbocycles. The summed E-state index contributed by atoms with van der Waals surface area (Å²) in [6.07, 6.45) is 4.34. The van der Waals surface area contributed by atoms with E-state index >= 15 is 0 Å². The molecule has 1 atom stereocenters. The van der Waals surface area contributed by atoms with Crippen molar-refractivity contribution < 1.29 is 14.3 Å². The largest absolute Gasteiger partial charge is 0.472 e. The van der Waals surface area contributed by atoms with Crippen LogP contribution in [0.5, 0.6) is 5.88 Å². The van der Waals surface area contributed by atoms with Crippen molar-refractivity contribution in [2.24, 2.45) is 7.05 Å². The van der Waals surface area contributed by atoms with Crippen molar-refractivity contribution in [2.75, 3.05) is 18.5 Å². The number of nitrogens with zero attached hydrogens (tertiary/aromatic N) is 3. The zero-order valence-electron chi connectivity index (χ0n) is 13.8. The first-order valence-corrected chi connectivity index (χ1v) is 8.12. The lowest BCUT2D eigenvalue weighted by atomic mass is 10.2. The van der Waals surface area contributed by atoms with E-state index in [0.29, 0.717) is 30.3 Å². The molecule has 1 aliphatic rings. The fourth-order valence-corrected chi connectivity index (χ4v) is 2.78. The topological polar surface area (TPSA) is 78.3 Å². The van der Waals surface area contributed by atoms with Crippen LogP contribution in [0.4, 0.5) is 5.69 Å². The maximum Gasteiger partial charge on any atom is 0.257 e. The number of amides is 1. The van der Waals surface area contributed by atoms with E-state index in [-0.39, 0.29) is 12.0 Å². The molecule has 128 valence electrons. The third-order valence-electron chi connectivity index (χ3n) is 4.05. The van der Waals surface area contributed by atoms with Crippen LogP contribution < -0.4 is 10.1 Å². The van der Waals surface area contributed by atoms with Gasteiger partial charge in [-0.1, -0.05) is 0 Å². The van der Waals surface area contributed by atoms with Gasteiger partial charge in [0.2, 0.25) is 5.88 Å². The zero-order chi connectivity index (χ0) is 17.2. The highest BCUT2D eigenvalue weighted by Gasteiger charge is 2.18. The molecule has 1 unspecified atom stereocenters. The average molecular weight is 338 g/mol. The maximum absolute atomic E-state index is 12.4. The van der Waals surface area contributed by atoms with Crippen molar-refractivity contribution in [3.8, 4) is 5.88 Å². The summed E-state index contributed by atoms with van der Waals surface area (Å²) in [5, 5.41) is 8.23. The van der Waals surface area contributed by atoms with Gasteiger partial charge >= 0.3 is 0 Å². The number of aryl methyl sites for hydroxylation is 1. The van der Waals surface area contributed by atoms with Gasteiger partial charge in [0.25, 0.3) is 5.91 Å². The molecule has 3 aromatic rings. The number of hydrogen-bond donors (Lipinski definition) is 1. The number of carbonyl (C=O) groups is 1. The summed E-state index contributed by atoms with van der Waals surface area (Å²) < 4.78 is 12.7. The molecule has 1 aromatic carbocycles. The third kappa shape index (κ3) is 3.46. The molecule has 4 rings (SSSR count). The van der Waals surface area contributed by atoms with E-state index in [1.54, 1.807) is 16.8 Å². The monoisotopic (exact) mass is 338 g/mol. The Hall–Kier alpha value is -2.93. The van der Waals surface area contributed by atoms with Gasteiger partial charge in [0.1, 0.15) is 6.10 Å². The SMILES string of the molecule is Cn1cc2ccc(NC(=O)c3ccc(OC4CCOC4)nc3)cc2n1. The van der Waals surface area contributed by atoms with Crippen LogP contribution in [0.3, 0.4) is 0 Å². The van der Waals surface area contributed by atoms with Gasteiger partial charge in [-0.15, -0.1) is 0 Å². The van der Waals surface area contributed by atoms with E-state index in [0.717, 1.165) is 17.3 Å². The van der Waals surface area contributed by atoms with Crippen LogP contribution in [0.2, 0.25) is 0 Å². The molecule has 1 saturated heterocycles. The molecular weight excluding hydrogens is 320 g/mol. The molecule has 1 aliphatic heterocycles. The number of benzene rings is 1. The van der Waals surface area contributed by atoms with Crippen LogP contribution in [0.1, 0.15) is 16.8 Å². The molecular formula is C18H18N4O3. The van der Waals surface area contributed by atoms with Gasteiger partial charge in [-0.2, -0.15) is 5.10 Å². The number of rotatable bonds is 4. The molecule has 3 heterocycles. The predicted octanol–water partition coefficient (Wildman–Crippen LogP) is 2.39. The minimum Gasteiger partial charge on any atom is -0.472 e. The highest BCUT2D eigenvalue weighted by Crippen LogP contribution is 2.19. The van der Waals surface area contributed by atoms with Crippen LogP contribution in [-0.4, -0.2) is 40.0 Å². The average Bonchev–Trinajstić information content (AvgIpc) is 3.23. The molecule has 7 nitrogen and oxygen atoms in total. The van der Waals surface area contributed by atoms with Gasteiger partial charge in [-0.05, 0) is 24.3 Å². The first-order chi connectivity index (χ1) is 12.2. The second kappa shape index (κ2) is 6.52. The molecule has 7 heteroatoms. The summed E-state index contributed by atoms with van der Waals surface area (Å²) in [4.78, 5) is 16.6. The lowest BCUT2D eigenvalue weighted by Crippen LogP contribution is -2.17. The third-order valence-corrected chi connectivity index (χ3v) is 4.05. The van der Waals surface area contributed by atoms with Crippen LogP contribution in [0.15, 0.2) is 42.7 Å². The number of nitrogens with one attached hydrogen (secondary N) is 1. The van der Waals surface area contributed by atoms with Gasteiger partial charge in [0.05, 0.1) is 24.3 Å². The first kappa shape index (κ1) is 15.6. The molecule has 1 amide bonds. The number of ether oxygens (including phenoxy) is 2. The van der Waals surface area contributed by atoms with Crippen molar-refractivity contribution in [1.29, 1.82) is 0 Å². The lowest BCUT2D eigenvalue weighted by molar-refractivity contribution is 0.102. The molecule has 2 aromatic heterocycles. The second-order valence-electron chi connectivity index (χ2n) is 6.02. The van der Waals surface area contributed by atoms with Crippen LogP contribution in [0.25, 0.3) is 10.9 Å². The Labute approximate surface area is 144 Å². The Morgan fingerprint density at radius 3 is 3.04 bits per heavy atom. The van der Waals surface area contributed by atoms with Crippen LogP contribution >= 0.6 is 0 Å². The number of anilines is 1. The molecule has 25 heavy (non-hydrogen) atoms. The molecule has 0 radical (unpaired) electrons. The fourth-order valence-electron chi connectivity index (χ4n) is 2.78. The van der Waals surface area contributed by atoms with Gasteiger partial charge in [0, 0.05) is 43.0 Å². The van der Waals surface area contributed by atoms with Crippen molar-refractivity contribution in [1.82, 2.24) is 14.8 Å². The summed E-state index contributed by atoms with van der Waals surface area (Å²) >= 11 is 0. The number of pyridine rings is 1. The van der Waals surface area contributed by atoms with E-state index in [1.807, 2.05) is 31.4 Å². The second-order valence-corrected chi connectivity index (χ2v) is 6.02. The summed E-state index contributed by atoms with van der Waals surface area (Å²) in [5.74, 6) is 0.278. The predicted molar refractivity (Wildman–Crippen MR) is 92.8 cm³/mol. The van der Waals surface area contributed by atoms with Crippen molar-refractivity contribution in [3.05, 3.63) is 48.3 Å². The van der Waals surface area contributed by atoms with Gasteiger partial charge in [-0.3, -0.25) is 9.48 Å². The van der Waals surface area contributed by atoms with E-state index in [1.165, 1.54) is 6.20 Å². The van der Waals surface area contributed by atoms with Crippen molar-refractivity contribution >= 4 is 22.5 Å². The number of aromatic nitrogens is 3. The van der Waals surface area contributed by atoms with Gasteiger partial charge < -0.3 is 14.8 Å². The van der Waals surface area contributed by atoms with Crippen LogP contribution in [-0.2, 0) is 11.8 Å². The van der Waals surface area contributed by atoms with Gasteiger partial charge in [0.15, 0.2) is 0 Å². The Bertz CT molecular complexity index is 898. The zero-order valence-corrected chi connectivity index (χ0v) is 13.8. The van der Waals surface area contributed by atoms with E-state index in [9.17, 15) is 4.79 Å². The minimum absolute atomic E-state index is 0.0391. The quantitative estimate of drug-likeness (QED) is 0.790. The van der Waals surface area contributed by atoms with E-state index < -0.39 is 0 Å². The molecule has 1 N–H and O–H groups in total. The minimum atomic E-state index is -0.224. The van der Waals surface area contributed by atoms with E-state index in [2.05, 4.69) is 15.4 Å². The Morgan fingerprint density at radius 2 is 2.28 bits per heavy atom. The van der Waals surface area contributed by atoms with Crippen LogP contribution in [0, 0.1) is 0 Å². The lowest BCUT2D eigenvalue weighted by Gasteiger charge is -2.11. The summed E-state index contributed by atoms with van der Waals surface area (Å²) in [5.41, 5.74) is 2.00. The first-order valence-electron chi connectivity index (χ1n) is 8.12. The molecule has 1 fully saturated rings. The highest BCUT2D eigenvalue weighted by atomic mass is 16.5. The fraction of sp³-hybridized carbons (Fsp3) is 0.278. The summed E-state index contributed by atoms with van der Waals surface area (Å²) in [6.45, 7) is 1.30. The van der Waals surface area contributed by atoms with Gasteiger partial charge in [-0.25, -0.2) is 4.98 Å². The van der Waals surface area contributed by atoms with Crippen molar-refractivity contribution in [3.63, 3.8) is 0 Å². The Morgan fingerprint density at radius 1 is 1.36 bits per heavy atom. The van der Waals surface area contributed by atoms with Crippen molar-refractivity contribution in [2.45, 2.75) is 12.5 Å². The Balaban J connectivity index is 1.44. The number of carbonyl (C=O) groups excluding carboxylic acids is 1. The summed E-state index contributed by atoms with van der Waals surface area (Å²) in [7, 11) is 1.87. The maximum atomic E-state index is 12.4. The molecule has 0 aliphatic carbocycles. The normalized spacial score (nSPS) is 16.9. The standard InChI is InChI=1S/C18H18N4O3/c1-22-10-13-2-4-14(8-16(13)21-22)20-18(23)12-3-5-17(19-9-12)25-15-6-7-24-11-15/h2-5,8-10,15H,6-7,11H2,1H3,(H,20,23). The molecule has 0 bridgehead atoms. The number of fused-ring (bicyclic) bond motifs is 1.